The van der Waals surface area contributed by atoms with E-state index < -0.39 is 7.12 Å². The number of hydrogen-bond donors (Lipinski definition) is 3. The van der Waals surface area contributed by atoms with Crippen molar-refractivity contribution in [3.05, 3.63) is 24.4 Å². The van der Waals surface area contributed by atoms with E-state index in [4.69, 9.17) is 4.74 Å². The number of methoxy groups -OCH3 is 1. The van der Waals surface area contributed by atoms with E-state index in [9.17, 15) is 10.0 Å². The van der Waals surface area contributed by atoms with Crippen molar-refractivity contribution >= 4 is 35.9 Å². The predicted molar refractivity (Wildman–Crippen MR) is 92.7 cm³/mol. The van der Waals surface area contributed by atoms with Crippen LogP contribution in [-0.4, -0.2) is 34.8 Å². The van der Waals surface area contributed by atoms with Gasteiger partial charge in [-0.2, -0.15) is 0 Å². The van der Waals surface area contributed by atoms with E-state index in [1.165, 1.54) is 23.3 Å². The Bertz CT molecular complexity index is 641. The van der Waals surface area contributed by atoms with E-state index >= 15 is 0 Å². The average molecular weight is 338 g/mol. The third-order valence-electron chi connectivity index (χ3n) is 2.68. The molecule has 0 aliphatic heterocycles. The summed E-state index contributed by atoms with van der Waals surface area (Å²) in [7, 11) is 0.0508. The van der Waals surface area contributed by atoms with Crippen LogP contribution in [-0.2, 0) is 0 Å². The van der Waals surface area contributed by atoms with Crippen LogP contribution in [0.1, 0.15) is 20.8 Å². The SMILES string of the molecule is COc1ncccc1-c1cc(B(O)O)c(SNC(C)(C)C)s1. The molecule has 0 aromatic carbocycles. The van der Waals surface area contributed by atoms with E-state index in [0.717, 1.165) is 14.6 Å². The molecular formula is C14H19BN2O3S2. The summed E-state index contributed by atoms with van der Waals surface area (Å²) < 4.78 is 9.37. The minimum atomic E-state index is -1.52. The Morgan fingerprint density at radius 2 is 2.09 bits per heavy atom. The quantitative estimate of drug-likeness (QED) is 0.571. The number of ether oxygens (including phenoxy) is 1. The lowest BCUT2D eigenvalue weighted by Crippen LogP contribution is -2.33. The number of nitrogens with zero attached hydrogens (tertiary/aromatic N) is 1. The molecule has 2 heterocycles. The normalized spacial score (nSPS) is 11.5. The molecule has 2 aromatic heterocycles. The third-order valence-corrected chi connectivity index (χ3v) is 5.30. The molecule has 0 spiro atoms. The first-order chi connectivity index (χ1) is 10.3. The first-order valence-corrected chi connectivity index (χ1v) is 8.38. The molecule has 22 heavy (non-hydrogen) atoms. The second-order valence-corrected chi connectivity index (χ2v) is 7.87. The average Bonchev–Trinajstić information content (AvgIpc) is 2.88. The molecule has 0 saturated carbocycles. The van der Waals surface area contributed by atoms with Gasteiger partial charge in [0.2, 0.25) is 5.88 Å². The number of rotatable bonds is 5. The van der Waals surface area contributed by atoms with E-state index in [2.05, 4.69) is 9.71 Å². The zero-order chi connectivity index (χ0) is 16.3. The molecule has 8 heteroatoms. The van der Waals surface area contributed by atoms with Gasteiger partial charge in [0.1, 0.15) is 0 Å². The molecule has 0 unspecified atom stereocenters. The van der Waals surface area contributed by atoms with Crippen LogP contribution in [0, 0.1) is 0 Å². The summed E-state index contributed by atoms with van der Waals surface area (Å²) in [5.41, 5.74) is 1.23. The lowest BCUT2D eigenvalue weighted by molar-refractivity contribution is 0.400. The van der Waals surface area contributed by atoms with E-state index in [1.54, 1.807) is 19.4 Å². The zero-order valence-corrected chi connectivity index (χ0v) is 14.6. The third kappa shape index (κ3) is 4.24. The maximum absolute atomic E-state index is 9.59. The molecule has 0 fully saturated rings. The second-order valence-electron chi connectivity index (χ2n) is 5.74. The Labute approximate surface area is 139 Å². The van der Waals surface area contributed by atoms with Crippen molar-refractivity contribution in [3.63, 3.8) is 0 Å². The largest absolute Gasteiger partial charge is 0.490 e. The van der Waals surface area contributed by atoms with Crippen molar-refractivity contribution in [2.24, 2.45) is 0 Å². The maximum atomic E-state index is 9.59. The van der Waals surface area contributed by atoms with Crippen LogP contribution in [0.2, 0.25) is 0 Å². The molecule has 5 nitrogen and oxygen atoms in total. The van der Waals surface area contributed by atoms with Gasteiger partial charge in [0, 0.05) is 22.1 Å². The first-order valence-electron chi connectivity index (χ1n) is 6.75. The fraction of sp³-hybridized carbons (Fsp3) is 0.357. The highest BCUT2D eigenvalue weighted by atomic mass is 32.2. The summed E-state index contributed by atoms with van der Waals surface area (Å²) in [6.07, 6.45) is 1.66. The highest BCUT2D eigenvalue weighted by molar-refractivity contribution is 7.99. The fourth-order valence-electron chi connectivity index (χ4n) is 1.72. The summed E-state index contributed by atoms with van der Waals surface area (Å²) in [6.45, 7) is 6.15. The molecule has 0 aliphatic carbocycles. The summed E-state index contributed by atoms with van der Waals surface area (Å²) in [5, 5.41) is 19.2. The first kappa shape index (κ1) is 17.3. The minimum Gasteiger partial charge on any atom is -0.481 e. The Morgan fingerprint density at radius 3 is 2.68 bits per heavy atom. The maximum Gasteiger partial charge on any atom is 0.490 e. The molecule has 2 rings (SSSR count). The lowest BCUT2D eigenvalue weighted by atomic mass is 9.82. The van der Waals surface area contributed by atoms with Crippen molar-refractivity contribution in [2.45, 2.75) is 30.5 Å². The van der Waals surface area contributed by atoms with Crippen LogP contribution in [0.3, 0.4) is 0 Å². The monoisotopic (exact) mass is 338 g/mol. The van der Waals surface area contributed by atoms with Gasteiger partial charge >= 0.3 is 7.12 Å². The molecule has 0 saturated heterocycles. The van der Waals surface area contributed by atoms with Gasteiger partial charge in [-0.1, -0.05) is 0 Å². The van der Waals surface area contributed by atoms with E-state index in [0.29, 0.717) is 11.3 Å². The molecule has 0 amide bonds. The van der Waals surface area contributed by atoms with Crippen LogP contribution >= 0.6 is 23.3 Å². The number of thiophene rings is 1. The molecule has 0 bridgehead atoms. The predicted octanol–water partition coefficient (Wildman–Crippen LogP) is 1.89. The highest BCUT2D eigenvalue weighted by Crippen LogP contribution is 2.36. The summed E-state index contributed by atoms with van der Waals surface area (Å²) in [5.74, 6) is 0.517. The number of aromatic nitrogens is 1. The number of pyridine rings is 1. The Morgan fingerprint density at radius 1 is 1.36 bits per heavy atom. The minimum absolute atomic E-state index is 0.0848. The van der Waals surface area contributed by atoms with E-state index in [1.807, 2.05) is 32.9 Å². The van der Waals surface area contributed by atoms with Crippen molar-refractivity contribution in [1.29, 1.82) is 0 Å². The van der Waals surface area contributed by atoms with Gasteiger partial charge in [0.15, 0.2) is 0 Å². The molecule has 2 aromatic rings. The van der Waals surface area contributed by atoms with Crippen molar-refractivity contribution < 1.29 is 14.8 Å². The van der Waals surface area contributed by atoms with Gasteiger partial charge in [-0.3, -0.25) is 4.72 Å². The van der Waals surface area contributed by atoms with Gasteiger partial charge in [0.25, 0.3) is 0 Å². The number of hydrogen-bond acceptors (Lipinski definition) is 7. The van der Waals surface area contributed by atoms with E-state index in [-0.39, 0.29) is 5.54 Å². The summed E-state index contributed by atoms with van der Waals surface area (Å²) >= 11 is 2.87. The van der Waals surface area contributed by atoms with Gasteiger partial charge in [0.05, 0.1) is 16.9 Å². The van der Waals surface area contributed by atoms with Crippen LogP contribution in [0.4, 0.5) is 0 Å². The topological polar surface area (TPSA) is 74.6 Å². The molecule has 3 N–H and O–H groups in total. The van der Waals surface area contributed by atoms with Crippen LogP contribution < -0.4 is 14.9 Å². The Kier molecular flexibility index (Phi) is 5.52. The molecular weight excluding hydrogens is 319 g/mol. The van der Waals surface area contributed by atoms with Crippen molar-refractivity contribution in [2.75, 3.05) is 7.11 Å². The van der Waals surface area contributed by atoms with Gasteiger partial charge < -0.3 is 14.8 Å². The van der Waals surface area contributed by atoms with Crippen LogP contribution in [0.25, 0.3) is 10.4 Å². The fourth-order valence-corrected chi connectivity index (χ4v) is 3.90. The van der Waals surface area contributed by atoms with Gasteiger partial charge in [-0.25, -0.2) is 4.98 Å². The molecule has 0 radical (unpaired) electrons. The second kappa shape index (κ2) is 7.01. The molecule has 0 aliphatic rings. The van der Waals surface area contributed by atoms with Gasteiger partial charge in [-0.05, 0) is 50.9 Å². The van der Waals surface area contributed by atoms with Crippen molar-refractivity contribution in [1.82, 2.24) is 9.71 Å². The van der Waals surface area contributed by atoms with Crippen LogP contribution in [0.5, 0.6) is 5.88 Å². The standard InChI is InChI=1S/C14H19BN2O3S2/c1-14(2,3)17-22-13-10(15(18)19)8-11(21-13)9-6-5-7-16-12(9)20-4/h5-8,17-19H,1-4H3. The Balaban J connectivity index is 2.38. The summed E-state index contributed by atoms with van der Waals surface area (Å²) in [4.78, 5) is 5.06. The Hall–Kier alpha value is -1.06. The van der Waals surface area contributed by atoms with Crippen molar-refractivity contribution in [3.8, 4) is 16.3 Å². The molecule has 118 valence electrons. The molecule has 0 atom stereocenters. The van der Waals surface area contributed by atoms with Gasteiger partial charge in [-0.15, -0.1) is 11.3 Å². The smallest absolute Gasteiger partial charge is 0.481 e. The van der Waals surface area contributed by atoms with Crippen LogP contribution in [0.15, 0.2) is 28.6 Å². The summed E-state index contributed by atoms with van der Waals surface area (Å²) in [6, 6.07) is 5.49. The number of nitrogens with one attached hydrogen (secondary N) is 1. The zero-order valence-electron chi connectivity index (χ0n) is 13.0. The highest BCUT2D eigenvalue weighted by Gasteiger charge is 2.23. The lowest BCUT2D eigenvalue weighted by Gasteiger charge is -2.19.